The van der Waals surface area contributed by atoms with Gasteiger partial charge in [-0.25, -0.2) is 0 Å². The fraction of sp³-hybridized carbons (Fsp3) is 0.500. The molecule has 104 valence electrons. The molecule has 0 aliphatic carbocycles. The molecule has 1 aromatic carbocycles. The average molecular weight is 260 g/mol. The van der Waals surface area contributed by atoms with Crippen LogP contribution >= 0.6 is 0 Å². The molecule has 2 N–H and O–H groups in total. The molecule has 0 fully saturated rings. The topological polar surface area (TPSA) is 37.2 Å². The molecule has 0 saturated heterocycles. The number of nitrogens with zero attached hydrogens (tertiary/aromatic N) is 1. The van der Waals surface area contributed by atoms with E-state index in [0.29, 0.717) is 6.61 Å². The fourth-order valence-electron chi connectivity index (χ4n) is 2.57. The minimum absolute atomic E-state index is 0.319. The average Bonchev–Trinajstić information content (AvgIpc) is 2.83. The highest BCUT2D eigenvalue weighted by atomic mass is 16.2. The van der Waals surface area contributed by atoms with Crippen molar-refractivity contribution in [1.29, 1.82) is 0 Å². The summed E-state index contributed by atoms with van der Waals surface area (Å²) in [6.07, 6.45) is 6.62. The number of aryl methyl sites for hydroxylation is 1. The van der Waals surface area contributed by atoms with Crippen molar-refractivity contribution < 1.29 is 5.11 Å². The number of hydrogen-bond acceptors (Lipinski definition) is 2. The van der Waals surface area contributed by atoms with Crippen molar-refractivity contribution >= 4 is 10.9 Å². The van der Waals surface area contributed by atoms with Crippen molar-refractivity contribution in [2.75, 3.05) is 13.7 Å². The van der Waals surface area contributed by atoms with Crippen LogP contribution in [0.1, 0.15) is 31.2 Å². The van der Waals surface area contributed by atoms with E-state index in [9.17, 15) is 0 Å². The Kier molecular flexibility index (Phi) is 5.43. The maximum absolute atomic E-state index is 8.76. The van der Waals surface area contributed by atoms with Crippen molar-refractivity contribution in [3.63, 3.8) is 0 Å². The lowest BCUT2D eigenvalue weighted by Gasteiger charge is -2.07. The molecule has 0 amide bonds. The van der Waals surface area contributed by atoms with Gasteiger partial charge in [0.2, 0.25) is 0 Å². The van der Waals surface area contributed by atoms with E-state index < -0.39 is 0 Å². The van der Waals surface area contributed by atoms with Gasteiger partial charge in [-0.3, -0.25) is 0 Å². The summed E-state index contributed by atoms with van der Waals surface area (Å²) in [5.41, 5.74) is 2.69. The second kappa shape index (κ2) is 7.31. The third kappa shape index (κ3) is 3.58. The maximum Gasteiger partial charge on any atom is 0.0483 e. The van der Waals surface area contributed by atoms with E-state index in [1.807, 2.05) is 7.05 Å². The minimum atomic E-state index is 0.319. The van der Waals surface area contributed by atoms with Crippen molar-refractivity contribution in [2.45, 2.75) is 38.8 Å². The number of nitrogens with one attached hydrogen (secondary N) is 1. The van der Waals surface area contributed by atoms with Crippen molar-refractivity contribution in [1.82, 2.24) is 9.88 Å². The standard InChI is InChI=1S/C16H24N2O/c1-17-13-14-7-6-8-16-15(14)9-11-18(16)10-4-2-3-5-12-19/h6-9,11,17,19H,2-5,10,12-13H2,1H3. The van der Waals surface area contributed by atoms with Crippen LogP contribution in [0.5, 0.6) is 0 Å². The predicted octanol–water partition coefficient (Wildman–Crippen LogP) is 2.91. The summed E-state index contributed by atoms with van der Waals surface area (Å²) in [5.74, 6) is 0. The molecule has 0 aliphatic rings. The first-order valence-corrected chi connectivity index (χ1v) is 7.19. The zero-order valence-corrected chi connectivity index (χ0v) is 11.7. The summed E-state index contributed by atoms with van der Waals surface area (Å²) in [4.78, 5) is 0. The highest BCUT2D eigenvalue weighted by Gasteiger charge is 2.04. The highest BCUT2D eigenvalue weighted by Crippen LogP contribution is 2.21. The quantitative estimate of drug-likeness (QED) is 0.716. The number of unbranched alkanes of at least 4 members (excludes halogenated alkanes) is 3. The number of fused-ring (bicyclic) bond motifs is 1. The summed E-state index contributed by atoms with van der Waals surface area (Å²) in [7, 11) is 1.98. The Bertz CT molecular complexity index is 504. The number of benzene rings is 1. The minimum Gasteiger partial charge on any atom is -0.396 e. The third-order valence-corrected chi connectivity index (χ3v) is 3.58. The number of rotatable bonds is 8. The van der Waals surface area contributed by atoms with Gasteiger partial charge in [-0.1, -0.05) is 25.0 Å². The van der Waals surface area contributed by atoms with Crippen LogP contribution in [0.4, 0.5) is 0 Å². The van der Waals surface area contributed by atoms with E-state index in [-0.39, 0.29) is 0 Å². The normalized spacial score (nSPS) is 11.3. The van der Waals surface area contributed by atoms with Crippen LogP contribution in [-0.2, 0) is 13.1 Å². The maximum atomic E-state index is 8.76. The van der Waals surface area contributed by atoms with Gasteiger partial charge in [0.1, 0.15) is 0 Å². The van der Waals surface area contributed by atoms with Crippen LogP contribution < -0.4 is 5.32 Å². The first kappa shape index (κ1) is 14.1. The zero-order chi connectivity index (χ0) is 13.5. The van der Waals surface area contributed by atoms with Crippen LogP contribution in [0, 0.1) is 0 Å². The summed E-state index contributed by atoms with van der Waals surface area (Å²) >= 11 is 0. The molecule has 3 nitrogen and oxygen atoms in total. The summed E-state index contributed by atoms with van der Waals surface area (Å²) < 4.78 is 2.34. The second-order valence-corrected chi connectivity index (χ2v) is 5.03. The molecule has 0 atom stereocenters. The lowest BCUT2D eigenvalue weighted by atomic mass is 10.1. The summed E-state index contributed by atoms with van der Waals surface area (Å²) in [6, 6.07) is 8.74. The first-order chi connectivity index (χ1) is 9.36. The van der Waals surface area contributed by atoms with Crippen molar-refractivity contribution in [2.24, 2.45) is 0 Å². The molecule has 2 rings (SSSR count). The molecule has 19 heavy (non-hydrogen) atoms. The number of hydrogen-bond donors (Lipinski definition) is 2. The molecule has 0 saturated carbocycles. The van der Waals surface area contributed by atoms with Crippen LogP contribution in [0.15, 0.2) is 30.5 Å². The molecule has 3 heteroatoms. The Morgan fingerprint density at radius 3 is 2.74 bits per heavy atom. The zero-order valence-electron chi connectivity index (χ0n) is 11.7. The molecular formula is C16H24N2O. The van der Waals surface area contributed by atoms with Crippen LogP contribution in [0.25, 0.3) is 10.9 Å². The largest absolute Gasteiger partial charge is 0.396 e. The summed E-state index contributed by atoms with van der Waals surface area (Å²) in [5, 5.41) is 13.3. The van der Waals surface area contributed by atoms with Crippen molar-refractivity contribution in [3.8, 4) is 0 Å². The second-order valence-electron chi connectivity index (χ2n) is 5.03. The van der Waals surface area contributed by atoms with Gasteiger partial charge in [-0.2, -0.15) is 0 Å². The third-order valence-electron chi connectivity index (χ3n) is 3.58. The van der Waals surface area contributed by atoms with Gasteiger partial charge in [0.15, 0.2) is 0 Å². The van der Waals surface area contributed by atoms with E-state index in [4.69, 9.17) is 5.11 Å². The molecule has 0 unspecified atom stereocenters. The summed E-state index contributed by atoms with van der Waals surface area (Å²) in [6.45, 7) is 2.30. The number of aromatic nitrogens is 1. The van der Waals surface area contributed by atoms with Gasteiger partial charge in [0.25, 0.3) is 0 Å². The van der Waals surface area contributed by atoms with Gasteiger partial charge >= 0.3 is 0 Å². The van der Waals surface area contributed by atoms with E-state index in [0.717, 1.165) is 25.9 Å². The van der Waals surface area contributed by atoms with Gasteiger partial charge < -0.3 is 15.0 Å². The van der Waals surface area contributed by atoms with Gasteiger partial charge in [0, 0.05) is 36.8 Å². The first-order valence-electron chi connectivity index (χ1n) is 7.19. The predicted molar refractivity (Wildman–Crippen MR) is 80.3 cm³/mol. The number of aliphatic hydroxyl groups excluding tert-OH is 1. The fourth-order valence-corrected chi connectivity index (χ4v) is 2.57. The van der Waals surface area contributed by atoms with E-state index >= 15 is 0 Å². The van der Waals surface area contributed by atoms with Crippen LogP contribution in [0.3, 0.4) is 0 Å². The molecule has 0 radical (unpaired) electrons. The van der Waals surface area contributed by atoms with Crippen LogP contribution in [-0.4, -0.2) is 23.3 Å². The molecular weight excluding hydrogens is 236 g/mol. The Morgan fingerprint density at radius 1 is 1.11 bits per heavy atom. The molecule has 1 aromatic heterocycles. The number of aliphatic hydroxyl groups is 1. The molecule has 0 spiro atoms. The Morgan fingerprint density at radius 2 is 1.95 bits per heavy atom. The highest BCUT2D eigenvalue weighted by molar-refractivity contribution is 5.83. The van der Waals surface area contributed by atoms with Gasteiger partial charge in [0.05, 0.1) is 0 Å². The lowest BCUT2D eigenvalue weighted by molar-refractivity contribution is 0.282. The van der Waals surface area contributed by atoms with Crippen molar-refractivity contribution in [3.05, 3.63) is 36.0 Å². The Hall–Kier alpha value is -1.32. The molecule has 0 aliphatic heterocycles. The van der Waals surface area contributed by atoms with E-state index in [2.05, 4.69) is 40.3 Å². The van der Waals surface area contributed by atoms with E-state index in [1.54, 1.807) is 0 Å². The Labute approximate surface area is 115 Å². The van der Waals surface area contributed by atoms with Crippen LogP contribution in [0.2, 0.25) is 0 Å². The molecule has 2 aromatic rings. The van der Waals surface area contributed by atoms with Gasteiger partial charge in [-0.05, 0) is 37.6 Å². The van der Waals surface area contributed by atoms with Gasteiger partial charge in [-0.15, -0.1) is 0 Å². The SMILES string of the molecule is CNCc1cccc2c1ccn2CCCCCCO. The van der Waals surface area contributed by atoms with E-state index in [1.165, 1.54) is 29.3 Å². The lowest BCUT2D eigenvalue weighted by Crippen LogP contribution is -2.05. The smallest absolute Gasteiger partial charge is 0.0483 e. The molecule has 1 heterocycles. The monoisotopic (exact) mass is 260 g/mol. The Balaban J connectivity index is 2.02. The molecule has 0 bridgehead atoms.